The predicted octanol–water partition coefficient (Wildman–Crippen LogP) is 2.68. The highest BCUT2D eigenvalue weighted by Crippen LogP contribution is 2.15. The Morgan fingerprint density at radius 2 is 1.89 bits per heavy atom. The lowest BCUT2D eigenvalue weighted by molar-refractivity contribution is 0.181. The maximum atomic E-state index is 13.4. The normalized spacial score (nSPS) is 20.7. The van der Waals surface area contributed by atoms with E-state index in [0.717, 1.165) is 25.6 Å². The van der Waals surface area contributed by atoms with Gasteiger partial charge in [0, 0.05) is 30.8 Å². The van der Waals surface area contributed by atoms with Crippen LogP contribution in [0, 0.1) is 17.5 Å². The lowest BCUT2D eigenvalue weighted by Crippen LogP contribution is -2.42. The predicted molar refractivity (Wildman–Crippen MR) is 68.3 cm³/mol. The first kappa shape index (κ1) is 14.3. The van der Waals surface area contributed by atoms with Crippen LogP contribution in [0.1, 0.15) is 24.8 Å². The van der Waals surface area contributed by atoms with Crippen molar-refractivity contribution in [3.05, 3.63) is 35.1 Å². The fourth-order valence-electron chi connectivity index (χ4n) is 2.47. The van der Waals surface area contributed by atoms with Crippen LogP contribution in [0.25, 0.3) is 0 Å². The number of benzene rings is 1. The van der Waals surface area contributed by atoms with Crippen molar-refractivity contribution < 1.29 is 13.2 Å². The zero-order valence-corrected chi connectivity index (χ0v) is 11.1. The average molecular weight is 272 g/mol. The summed E-state index contributed by atoms with van der Waals surface area (Å²) in [6.45, 7) is 2.02. The molecule has 1 heterocycles. The first-order chi connectivity index (χ1) is 9.08. The lowest BCUT2D eigenvalue weighted by Gasteiger charge is -2.32. The molecule has 0 amide bonds. The molecule has 0 aliphatic carbocycles. The molecule has 0 spiro atoms. The van der Waals surface area contributed by atoms with Gasteiger partial charge in [0.2, 0.25) is 0 Å². The maximum absolute atomic E-state index is 13.4. The molecule has 1 aliphatic heterocycles. The van der Waals surface area contributed by atoms with E-state index in [1.807, 2.05) is 0 Å². The van der Waals surface area contributed by atoms with Gasteiger partial charge in [-0.15, -0.1) is 0 Å². The van der Waals surface area contributed by atoms with Crippen molar-refractivity contribution in [3.63, 3.8) is 0 Å². The Bertz CT molecular complexity index is 437. The van der Waals surface area contributed by atoms with Gasteiger partial charge in [0.1, 0.15) is 5.82 Å². The average Bonchev–Trinajstić information content (AvgIpc) is 2.38. The Hall–Kier alpha value is -1.07. The van der Waals surface area contributed by atoms with E-state index in [1.165, 1.54) is 12.8 Å². The van der Waals surface area contributed by atoms with Gasteiger partial charge in [0.15, 0.2) is 11.6 Å². The number of nitrogens with zero attached hydrogens (tertiary/aromatic N) is 1. The molecule has 1 aromatic carbocycles. The van der Waals surface area contributed by atoms with Crippen molar-refractivity contribution >= 4 is 0 Å². The van der Waals surface area contributed by atoms with Gasteiger partial charge in [-0.2, -0.15) is 0 Å². The van der Waals surface area contributed by atoms with Crippen LogP contribution in [0.3, 0.4) is 0 Å². The third kappa shape index (κ3) is 3.70. The first-order valence-corrected chi connectivity index (χ1v) is 6.62. The number of hydrogen-bond donors (Lipinski definition) is 1. The van der Waals surface area contributed by atoms with E-state index in [2.05, 4.69) is 17.3 Å². The van der Waals surface area contributed by atoms with Crippen molar-refractivity contribution in [2.45, 2.75) is 31.8 Å². The van der Waals surface area contributed by atoms with E-state index in [9.17, 15) is 13.2 Å². The van der Waals surface area contributed by atoms with E-state index in [1.54, 1.807) is 0 Å². The molecule has 1 fully saturated rings. The van der Waals surface area contributed by atoms with Gasteiger partial charge in [0.25, 0.3) is 0 Å². The van der Waals surface area contributed by atoms with Gasteiger partial charge in [-0.05, 0) is 32.5 Å². The minimum Gasteiger partial charge on any atom is -0.311 e. The molecule has 5 heteroatoms. The molecule has 1 atom stereocenters. The Labute approximate surface area is 111 Å². The number of likely N-dealkylation sites (tertiary alicyclic amines) is 1. The molecule has 2 nitrogen and oxygen atoms in total. The minimum atomic E-state index is -1.15. The Morgan fingerprint density at radius 3 is 2.63 bits per heavy atom. The van der Waals surface area contributed by atoms with Crippen LogP contribution in [-0.4, -0.2) is 31.1 Å². The van der Waals surface area contributed by atoms with Crippen molar-refractivity contribution in [2.24, 2.45) is 0 Å². The second kappa shape index (κ2) is 6.39. The summed E-state index contributed by atoms with van der Waals surface area (Å²) in [6, 6.07) is 1.95. The van der Waals surface area contributed by atoms with Crippen molar-refractivity contribution in [2.75, 3.05) is 20.1 Å². The fraction of sp³-hybridized carbons (Fsp3) is 0.571. The first-order valence-electron chi connectivity index (χ1n) is 6.62. The molecule has 0 aromatic heterocycles. The molecule has 1 aromatic rings. The molecular weight excluding hydrogens is 253 g/mol. The number of likely N-dealkylation sites (N-methyl/N-ethyl adjacent to an activating group) is 1. The Kier molecular flexibility index (Phi) is 4.82. The fourth-order valence-corrected chi connectivity index (χ4v) is 2.47. The van der Waals surface area contributed by atoms with Crippen LogP contribution in [0.15, 0.2) is 12.1 Å². The van der Waals surface area contributed by atoms with Crippen LogP contribution in [-0.2, 0) is 6.54 Å². The van der Waals surface area contributed by atoms with Crippen molar-refractivity contribution in [1.29, 1.82) is 0 Å². The second-order valence-corrected chi connectivity index (χ2v) is 5.12. The van der Waals surface area contributed by atoms with E-state index < -0.39 is 17.5 Å². The quantitative estimate of drug-likeness (QED) is 0.848. The van der Waals surface area contributed by atoms with Gasteiger partial charge in [-0.1, -0.05) is 6.42 Å². The largest absolute Gasteiger partial charge is 0.311 e. The van der Waals surface area contributed by atoms with Gasteiger partial charge in [-0.3, -0.25) is 0 Å². The summed E-state index contributed by atoms with van der Waals surface area (Å²) in [5.74, 6) is -2.86. The van der Waals surface area contributed by atoms with Crippen LogP contribution in [0.2, 0.25) is 0 Å². The zero-order chi connectivity index (χ0) is 13.8. The summed E-state index contributed by atoms with van der Waals surface area (Å²) >= 11 is 0. The number of nitrogens with one attached hydrogen (secondary N) is 1. The Morgan fingerprint density at radius 1 is 1.16 bits per heavy atom. The summed E-state index contributed by atoms with van der Waals surface area (Å²) in [4.78, 5) is 2.28. The van der Waals surface area contributed by atoms with Gasteiger partial charge in [0.05, 0.1) is 0 Å². The van der Waals surface area contributed by atoms with Crippen LogP contribution in [0.5, 0.6) is 0 Å². The minimum absolute atomic E-state index is 0.164. The summed E-state index contributed by atoms with van der Waals surface area (Å²) < 4.78 is 39.2. The SMILES string of the molecule is CN1CCCCC1CNCc1cc(F)c(F)cc1F. The molecule has 0 radical (unpaired) electrons. The molecule has 1 aliphatic rings. The standard InChI is InChI=1S/C14H19F3N2/c1-19-5-3-2-4-11(19)9-18-8-10-6-13(16)14(17)7-12(10)15/h6-7,11,18H,2-5,8-9H2,1H3. The summed E-state index contributed by atoms with van der Waals surface area (Å²) in [5.41, 5.74) is 0.164. The number of halogens is 3. The highest BCUT2D eigenvalue weighted by molar-refractivity contribution is 5.19. The molecule has 19 heavy (non-hydrogen) atoms. The second-order valence-electron chi connectivity index (χ2n) is 5.12. The van der Waals surface area contributed by atoms with E-state index in [-0.39, 0.29) is 12.1 Å². The number of rotatable bonds is 4. The molecule has 1 N–H and O–H groups in total. The molecular formula is C14H19F3N2. The third-order valence-corrected chi connectivity index (χ3v) is 3.71. The summed E-state index contributed by atoms with van der Waals surface area (Å²) in [7, 11) is 2.07. The molecule has 0 saturated carbocycles. The smallest absolute Gasteiger partial charge is 0.161 e. The molecule has 106 valence electrons. The van der Waals surface area contributed by atoms with E-state index in [4.69, 9.17) is 0 Å². The topological polar surface area (TPSA) is 15.3 Å². The molecule has 2 rings (SSSR count). The zero-order valence-electron chi connectivity index (χ0n) is 11.1. The maximum Gasteiger partial charge on any atom is 0.161 e. The monoisotopic (exact) mass is 272 g/mol. The summed E-state index contributed by atoms with van der Waals surface area (Å²) in [5, 5.41) is 3.12. The number of hydrogen-bond acceptors (Lipinski definition) is 2. The molecule has 1 saturated heterocycles. The Balaban J connectivity index is 1.87. The van der Waals surface area contributed by atoms with E-state index >= 15 is 0 Å². The number of piperidine rings is 1. The van der Waals surface area contributed by atoms with Crippen LogP contribution in [0.4, 0.5) is 13.2 Å². The van der Waals surface area contributed by atoms with Gasteiger partial charge >= 0.3 is 0 Å². The van der Waals surface area contributed by atoms with Crippen molar-refractivity contribution in [3.8, 4) is 0 Å². The molecule has 0 bridgehead atoms. The van der Waals surface area contributed by atoms with Crippen LogP contribution < -0.4 is 5.32 Å². The lowest BCUT2D eigenvalue weighted by atomic mass is 10.0. The van der Waals surface area contributed by atoms with Crippen molar-refractivity contribution in [1.82, 2.24) is 10.2 Å². The summed E-state index contributed by atoms with van der Waals surface area (Å²) in [6.07, 6.45) is 3.53. The third-order valence-electron chi connectivity index (χ3n) is 3.71. The van der Waals surface area contributed by atoms with E-state index in [0.29, 0.717) is 12.1 Å². The van der Waals surface area contributed by atoms with Crippen LogP contribution >= 0.6 is 0 Å². The molecule has 1 unspecified atom stereocenters. The van der Waals surface area contributed by atoms with Gasteiger partial charge in [-0.25, -0.2) is 13.2 Å². The highest BCUT2D eigenvalue weighted by Gasteiger charge is 2.18. The highest BCUT2D eigenvalue weighted by atomic mass is 19.2. The van der Waals surface area contributed by atoms with Gasteiger partial charge < -0.3 is 10.2 Å².